The summed E-state index contributed by atoms with van der Waals surface area (Å²) in [7, 11) is 1.25. The van der Waals surface area contributed by atoms with E-state index in [0.717, 1.165) is 29.9 Å². The van der Waals surface area contributed by atoms with Crippen molar-refractivity contribution in [1.82, 2.24) is 4.90 Å². The Morgan fingerprint density at radius 3 is 2.53 bits per heavy atom. The smallest absolute Gasteiger partial charge is 0.416 e. The summed E-state index contributed by atoms with van der Waals surface area (Å²) in [6, 6.07) is 6.06. The van der Waals surface area contributed by atoms with E-state index in [9.17, 15) is 22.8 Å². The number of thiophene rings is 1. The Bertz CT molecular complexity index is 1040. The number of carbonyl (C=O) groups is 2. The molecule has 2 amide bonds. The minimum absolute atomic E-state index is 0.193. The van der Waals surface area contributed by atoms with Crippen LogP contribution in [0.3, 0.4) is 0 Å². The van der Waals surface area contributed by atoms with Gasteiger partial charge in [-0.3, -0.25) is 9.80 Å². The van der Waals surface area contributed by atoms with Crippen molar-refractivity contribution in [2.24, 2.45) is 5.92 Å². The molecule has 184 valence electrons. The van der Waals surface area contributed by atoms with Gasteiger partial charge in [0.1, 0.15) is 0 Å². The van der Waals surface area contributed by atoms with E-state index in [1.165, 1.54) is 34.3 Å². The number of hydrogen-bond acceptors (Lipinski definition) is 5. The molecule has 6 nitrogen and oxygen atoms in total. The standard InChI is InChI=1S/C24H27F3N2O4S/c1-14(2)33-23(31)29-19-9-8-16(24(25,26)27)11-18(19)21(12-20(29)15-6-7-15)28(22(30)32-3)13-17-5-4-10-34-17/h4-5,8-11,14-15,20-21H,6-7,12-13H2,1-3H3. The molecule has 34 heavy (non-hydrogen) atoms. The van der Waals surface area contributed by atoms with Crippen molar-refractivity contribution in [3.8, 4) is 0 Å². The first kappa shape index (κ1) is 24.4. The van der Waals surface area contributed by atoms with Crippen LogP contribution in [-0.4, -0.2) is 36.3 Å². The number of nitrogens with zero attached hydrogens (tertiary/aromatic N) is 2. The maximum atomic E-state index is 13.6. The van der Waals surface area contributed by atoms with E-state index in [1.54, 1.807) is 13.8 Å². The van der Waals surface area contributed by atoms with Crippen molar-refractivity contribution in [1.29, 1.82) is 0 Å². The first-order valence-electron chi connectivity index (χ1n) is 11.2. The molecule has 1 saturated carbocycles. The minimum atomic E-state index is -4.57. The predicted molar refractivity (Wildman–Crippen MR) is 122 cm³/mol. The second-order valence-electron chi connectivity index (χ2n) is 8.91. The second kappa shape index (κ2) is 9.48. The molecule has 1 fully saturated rings. The average molecular weight is 497 g/mol. The lowest BCUT2D eigenvalue weighted by atomic mass is 9.87. The monoisotopic (exact) mass is 496 g/mol. The van der Waals surface area contributed by atoms with Gasteiger partial charge in [0, 0.05) is 10.9 Å². The largest absolute Gasteiger partial charge is 0.453 e. The molecule has 2 aromatic rings. The van der Waals surface area contributed by atoms with Gasteiger partial charge in [-0.05, 0) is 74.2 Å². The van der Waals surface area contributed by atoms with Gasteiger partial charge < -0.3 is 9.47 Å². The molecule has 0 spiro atoms. The highest BCUT2D eigenvalue weighted by molar-refractivity contribution is 7.09. The number of fused-ring (bicyclic) bond motifs is 1. The first-order valence-corrected chi connectivity index (χ1v) is 12.1. The molecule has 2 heterocycles. The Morgan fingerprint density at radius 2 is 1.97 bits per heavy atom. The van der Waals surface area contributed by atoms with Crippen LogP contribution in [0.2, 0.25) is 0 Å². The second-order valence-corrected chi connectivity index (χ2v) is 9.94. The lowest BCUT2D eigenvalue weighted by Crippen LogP contribution is -2.50. The highest BCUT2D eigenvalue weighted by Gasteiger charge is 2.47. The maximum absolute atomic E-state index is 13.6. The maximum Gasteiger partial charge on any atom is 0.416 e. The van der Waals surface area contributed by atoms with Gasteiger partial charge in [-0.2, -0.15) is 13.2 Å². The molecule has 1 aromatic heterocycles. The Kier molecular flexibility index (Phi) is 6.80. The number of alkyl halides is 3. The zero-order valence-corrected chi connectivity index (χ0v) is 20.0. The molecule has 2 unspecified atom stereocenters. The van der Waals surface area contributed by atoms with Gasteiger partial charge >= 0.3 is 18.4 Å². The number of halogens is 3. The fourth-order valence-corrected chi connectivity index (χ4v) is 5.22. The molecule has 1 aliphatic carbocycles. The molecule has 4 rings (SSSR count). The highest BCUT2D eigenvalue weighted by atomic mass is 32.1. The third-order valence-electron chi connectivity index (χ3n) is 6.16. The fourth-order valence-electron chi connectivity index (χ4n) is 4.52. The lowest BCUT2D eigenvalue weighted by Gasteiger charge is -2.44. The number of anilines is 1. The number of methoxy groups -OCH3 is 1. The molecule has 1 aliphatic heterocycles. The zero-order valence-electron chi connectivity index (χ0n) is 19.2. The predicted octanol–water partition coefficient (Wildman–Crippen LogP) is 6.61. The fraction of sp³-hybridized carbons (Fsp3) is 0.500. The van der Waals surface area contributed by atoms with E-state index in [2.05, 4.69) is 0 Å². The van der Waals surface area contributed by atoms with Crippen molar-refractivity contribution >= 4 is 29.2 Å². The van der Waals surface area contributed by atoms with Crippen LogP contribution >= 0.6 is 11.3 Å². The summed E-state index contributed by atoms with van der Waals surface area (Å²) >= 11 is 1.45. The summed E-state index contributed by atoms with van der Waals surface area (Å²) in [6.07, 6.45) is -4.06. The summed E-state index contributed by atoms with van der Waals surface area (Å²) in [5.41, 5.74) is -0.236. The van der Waals surface area contributed by atoms with E-state index in [-0.39, 0.29) is 30.2 Å². The van der Waals surface area contributed by atoms with E-state index in [4.69, 9.17) is 9.47 Å². The summed E-state index contributed by atoms with van der Waals surface area (Å²) in [4.78, 5) is 29.8. The van der Waals surface area contributed by atoms with Crippen LogP contribution in [0, 0.1) is 5.92 Å². The molecule has 2 atom stereocenters. The third-order valence-corrected chi connectivity index (χ3v) is 7.02. The van der Waals surface area contributed by atoms with Crippen LogP contribution in [0.15, 0.2) is 35.7 Å². The van der Waals surface area contributed by atoms with Crippen molar-refractivity contribution in [3.05, 3.63) is 51.7 Å². The molecule has 2 aliphatic rings. The quantitative estimate of drug-likeness (QED) is 0.467. The summed E-state index contributed by atoms with van der Waals surface area (Å²) in [5, 5.41) is 1.87. The van der Waals surface area contributed by atoms with Gasteiger partial charge in [-0.25, -0.2) is 9.59 Å². The highest BCUT2D eigenvalue weighted by Crippen LogP contribution is 2.50. The molecule has 0 N–H and O–H groups in total. The minimum Gasteiger partial charge on any atom is -0.453 e. The van der Waals surface area contributed by atoms with Gasteiger partial charge in [-0.15, -0.1) is 11.3 Å². The molecule has 0 radical (unpaired) electrons. The van der Waals surface area contributed by atoms with Crippen molar-refractivity contribution in [2.75, 3.05) is 12.0 Å². The third kappa shape index (κ3) is 5.01. The van der Waals surface area contributed by atoms with Crippen molar-refractivity contribution in [3.63, 3.8) is 0 Å². The number of hydrogen-bond donors (Lipinski definition) is 0. The Balaban J connectivity index is 1.84. The topological polar surface area (TPSA) is 59.1 Å². The summed E-state index contributed by atoms with van der Waals surface area (Å²) < 4.78 is 51.4. The van der Waals surface area contributed by atoms with Crippen LogP contribution < -0.4 is 4.90 Å². The van der Waals surface area contributed by atoms with Crippen molar-refractivity contribution in [2.45, 2.75) is 64.0 Å². The van der Waals surface area contributed by atoms with Gasteiger partial charge in [0.25, 0.3) is 0 Å². The van der Waals surface area contributed by atoms with E-state index >= 15 is 0 Å². The van der Waals surface area contributed by atoms with Gasteiger partial charge in [0.15, 0.2) is 0 Å². The van der Waals surface area contributed by atoms with Crippen LogP contribution in [0.5, 0.6) is 0 Å². The molecule has 0 saturated heterocycles. The SMILES string of the molecule is COC(=O)N(Cc1cccs1)C1CC(C2CC2)N(C(=O)OC(C)C)c2ccc(C(F)(F)F)cc21. The summed E-state index contributed by atoms with van der Waals surface area (Å²) in [5.74, 6) is 0.193. The molecular formula is C24H27F3N2O4S. The Labute approximate surface area is 200 Å². The van der Waals surface area contributed by atoms with Crippen molar-refractivity contribution < 1.29 is 32.2 Å². The normalized spacial score (nSPS) is 20.1. The van der Waals surface area contributed by atoms with Gasteiger partial charge in [0.2, 0.25) is 0 Å². The molecule has 10 heteroatoms. The zero-order chi connectivity index (χ0) is 24.6. The lowest BCUT2D eigenvalue weighted by molar-refractivity contribution is -0.137. The van der Waals surface area contributed by atoms with Crippen LogP contribution in [0.25, 0.3) is 0 Å². The number of carbonyl (C=O) groups excluding carboxylic acids is 2. The number of benzene rings is 1. The van der Waals surface area contributed by atoms with Gasteiger partial charge in [0.05, 0.1) is 37.1 Å². The van der Waals surface area contributed by atoms with Gasteiger partial charge in [-0.1, -0.05) is 6.07 Å². The van der Waals surface area contributed by atoms with E-state index in [1.807, 2.05) is 17.5 Å². The van der Waals surface area contributed by atoms with Crippen LogP contribution in [0.4, 0.5) is 28.4 Å². The first-order chi connectivity index (χ1) is 16.1. The Hall–Kier alpha value is -2.75. The average Bonchev–Trinajstić information content (AvgIpc) is 3.50. The molecule has 0 bridgehead atoms. The number of ether oxygens (including phenoxy) is 2. The van der Waals surface area contributed by atoms with E-state index < -0.39 is 30.0 Å². The van der Waals surface area contributed by atoms with Crippen LogP contribution in [-0.2, 0) is 22.2 Å². The molecular weight excluding hydrogens is 469 g/mol. The Morgan fingerprint density at radius 1 is 1.24 bits per heavy atom. The van der Waals surface area contributed by atoms with Crippen LogP contribution in [0.1, 0.15) is 55.2 Å². The number of amides is 2. The van der Waals surface area contributed by atoms with E-state index in [0.29, 0.717) is 12.1 Å². The molecule has 1 aromatic carbocycles. The summed E-state index contributed by atoms with van der Waals surface area (Å²) in [6.45, 7) is 3.65. The number of rotatable bonds is 5.